The van der Waals surface area contributed by atoms with Gasteiger partial charge in [-0.1, -0.05) is 32.9 Å². The highest BCUT2D eigenvalue weighted by atomic mass is 19.1. The fourth-order valence-electron chi connectivity index (χ4n) is 2.23. The largest absolute Gasteiger partial charge is 0.389 e. The van der Waals surface area contributed by atoms with Crippen LogP contribution in [0.3, 0.4) is 0 Å². The Labute approximate surface area is 127 Å². The SMILES string of the molecule is CC(C)OCC(O)CNC(c1cccc(F)c1)C(C)(C)C. The van der Waals surface area contributed by atoms with Crippen LogP contribution < -0.4 is 5.32 Å². The fourth-order valence-corrected chi connectivity index (χ4v) is 2.23. The summed E-state index contributed by atoms with van der Waals surface area (Å²) in [6, 6.07) is 6.56. The molecule has 4 heteroatoms. The Morgan fingerprint density at radius 1 is 1.29 bits per heavy atom. The van der Waals surface area contributed by atoms with Crippen molar-refractivity contribution in [3.63, 3.8) is 0 Å². The molecule has 1 aromatic rings. The second-order valence-electron chi connectivity index (χ2n) is 6.80. The number of aliphatic hydroxyl groups excluding tert-OH is 1. The van der Waals surface area contributed by atoms with E-state index in [0.29, 0.717) is 13.2 Å². The van der Waals surface area contributed by atoms with E-state index in [1.807, 2.05) is 19.9 Å². The lowest BCUT2D eigenvalue weighted by Crippen LogP contribution is -2.39. The third kappa shape index (κ3) is 6.55. The first-order valence-electron chi connectivity index (χ1n) is 7.48. The molecule has 0 aliphatic rings. The highest BCUT2D eigenvalue weighted by Crippen LogP contribution is 2.32. The van der Waals surface area contributed by atoms with Crippen LogP contribution in [-0.4, -0.2) is 30.5 Å². The number of benzene rings is 1. The van der Waals surface area contributed by atoms with Gasteiger partial charge in [0, 0.05) is 12.6 Å². The molecule has 0 radical (unpaired) electrons. The summed E-state index contributed by atoms with van der Waals surface area (Å²) in [5.74, 6) is -0.243. The number of nitrogens with one attached hydrogen (secondary N) is 1. The van der Waals surface area contributed by atoms with Gasteiger partial charge in [0.1, 0.15) is 5.82 Å². The maximum atomic E-state index is 13.4. The summed E-state index contributed by atoms with van der Waals surface area (Å²) in [6.45, 7) is 10.8. The van der Waals surface area contributed by atoms with Crippen LogP contribution in [0.15, 0.2) is 24.3 Å². The Bertz CT molecular complexity index is 429. The molecule has 21 heavy (non-hydrogen) atoms. The molecule has 3 nitrogen and oxygen atoms in total. The van der Waals surface area contributed by atoms with E-state index in [1.165, 1.54) is 6.07 Å². The van der Waals surface area contributed by atoms with Gasteiger partial charge in [0.2, 0.25) is 0 Å². The van der Waals surface area contributed by atoms with Crippen molar-refractivity contribution >= 4 is 0 Å². The summed E-state index contributed by atoms with van der Waals surface area (Å²) in [5.41, 5.74) is 0.798. The van der Waals surface area contributed by atoms with Crippen LogP contribution >= 0.6 is 0 Å². The zero-order valence-electron chi connectivity index (χ0n) is 13.7. The standard InChI is InChI=1S/C17H28FNO2/c1-12(2)21-11-15(20)10-19-16(17(3,4)5)13-7-6-8-14(18)9-13/h6-9,12,15-16,19-20H,10-11H2,1-5H3. The first-order valence-corrected chi connectivity index (χ1v) is 7.48. The van der Waals surface area contributed by atoms with Gasteiger partial charge in [0.05, 0.1) is 18.8 Å². The van der Waals surface area contributed by atoms with Crippen molar-refractivity contribution in [3.05, 3.63) is 35.6 Å². The normalized spacial score (nSPS) is 15.2. The molecule has 2 unspecified atom stereocenters. The topological polar surface area (TPSA) is 41.5 Å². The lowest BCUT2D eigenvalue weighted by molar-refractivity contribution is 0.00389. The highest BCUT2D eigenvalue weighted by Gasteiger charge is 2.26. The Morgan fingerprint density at radius 3 is 2.48 bits per heavy atom. The van der Waals surface area contributed by atoms with E-state index in [2.05, 4.69) is 26.1 Å². The maximum Gasteiger partial charge on any atom is 0.123 e. The zero-order valence-corrected chi connectivity index (χ0v) is 13.7. The summed E-state index contributed by atoms with van der Waals surface area (Å²) in [4.78, 5) is 0. The van der Waals surface area contributed by atoms with Gasteiger partial charge in [-0.15, -0.1) is 0 Å². The number of ether oxygens (including phenoxy) is 1. The van der Waals surface area contributed by atoms with Crippen molar-refractivity contribution < 1.29 is 14.2 Å². The molecule has 120 valence electrons. The summed E-state index contributed by atoms with van der Waals surface area (Å²) in [6.07, 6.45) is -0.480. The van der Waals surface area contributed by atoms with Crippen LogP contribution in [0.4, 0.5) is 4.39 Å². The minimum atomic E-state index is -0.578. The molecule has 1 aromatic carbocycles. The van der Waals surface area contributed by atoms with Crippen LogP contribution in [0.2, 0.25) is 0 Å². The number of aliphatic hydroxyl groups is 1. The van der Waals surface area contributed by atoms with Crippen molar-refractivity contribution in [3.8, 4) is 0 Å². The van der Waals surface area contributed by atoms with Crippen LogP contribution in [0.5, 0.6) is 0 Å². The van der Waals surface area contributed by atoms with E-state index in [4.69, 9.17) is 4.74 Å². The second-order valence-corrected chi connectivity index (χ2v) is 6.80. The van der Waals surface area contributed by atoms with Gasteiger partial charge in [-0.2, -0.15) is 0 Å². The van der Waals surface area contributed by atoms with Gasteiger partial charge in [0.25, 0.3) is 0 Å². The van der Waals surface area contributed by atoms with Crippen LogP contribution in [0.1, 0.15) is 46.2 Å². The molecule has 0 bridgehead atoms. The fraction of sp³-hybridized carbons (Fsp3) is 0.647. The van der Waals surface area contributed by atoms with Gasteiger partial charge < -0.3 is 15.2 Å². The summed E-state index contributed by atoms with van der Waals surface area (Å²) in [5, 5.41) is 13.3. The third-order valence-electron chi connectivity index (χ3n) is 3.23. The Balaban J connectivity index is 2.68. The molecule has 0 aliphatic heterocycles. The van der Waals surface area contributed by atoms with Crippen molar-refractivity contribution in [1.82, 2.24) is 5.32 Å². The van der Waals surface area contributed by atoms with Gasteiger partial charge >= 0.3 is 0 Å². The van der Waals surface area contributed by atoms with Gasteiger partial charge in [0.15, 0.2) is 0 Å². The number of hydrogen-bond acceptors (Lipinski definition) is 3. The lowest BCUT2D eigenvalue weighted by atomic mass is 9.82. The van der Waals surface area contributed by atoms with Crippen LogP contribution in [-0.2, 0) is 4.74 Å². The summed E-state index contributed by atoms with van der Waals surface area (Å²) in [7, 11) is 0. The molecule has 0 aromatic heterocycles. The smallest absolute Gasteiger partial charge is 0.123 e. The van der Waals surface area contributed by atoms with Crippen molar-refractivity contribution in [2.45, 2.75) is 52.9 Å². The molecule has 0 amide bonds. The third-order valence-corrected chi connectivity index (χ3v) is 3.23. The quantitative estimate of drug-likeness (QED) is 0.811. The molecule has 1 rings (SSSR count). The zero-order chi connectivity index (χ0) is 16.0. The lowest BCUT2D eigenvalue weighted by Gasteiger charge is -2.33. The van der Waals surface area contributed by atoms with E-state index in [-0.39, 0.29) is 23.4 Å². The Morgan fingerprint density at radius 2 is 1.95 bits per heavy atom. The number of hydrogen-bond donors (Lipinski definition) is 2. The van der Waals surface area contributed by atoms with Gasteiger partial charge in [-0.25, -0.2) is 4.39 Å². The van der Waals surface area contributed by atoms with Crippen LogP contribution in [0.25, 0.3) is 0 Å². The van der Waals surface area contributed by atoms with Crippen molar-refractivity contribution in [2.75, 3.05) is 13.2 Å². The first-order chi connectivity index (χ1) is 9.70. The minimum Gasteiger partial charge on any atom is -0.389 e. The molecule has 0 fully saturated rings. The Kier molecular flexibility index (Phi) is 6.78. The summed E-state index contributed by atoms with van der Waals surface area (Å²) < 4.78 is 18.8. The van der Waals surface area contributed by atoms with E-state index in [1.54, 1.807) is 12.1 Å². The molecule has 0 aliphatic carbocycles. The molecule has 2 N–H and O–H groups in total. The van der Waals surface area contributed by atoms with E-state index < -0.39 is 6.10 Å². The molecule has 0 spiro atoms. The molecule has 0 heterocycles. The average molecular weight is 297 g/mol. The second kappa shape index (κ2) is 7.87. The maximum absolute atomic E-state index is 13.4. The Hall–Kier alpha value is -0.970. The number of rotatable bonds is 7. The predicted molar refractivity (Wildman–Crippen MR) is 83.7 cm³/mol. The van der Waals surface area contributed by atoms with Crippen molar-refractivity contribution in [1.29, 1.82) is 0 Å². The average Bonchev–Trinajstić information content (AvgIpc) is 2.35. The number of halogens is 1. The molecule has 0 saturated carbocycles. The minimum absolute atomic E-state index is 0.0399. The van der Waals surface area contributed by atoms with E-state index in [0.717, 1.165) is 5.56 Å². The van der Waals surface area contributed by atoms with Gasteiger partial charge in [-0.05, 0) is 37.0 Å². The molecular formula is C17H28FNO2. The van der Waals surface area contributed by atoms with Gasteiger partial charge in [-0.3, -0.25) is 0 Å². The van der Waals surface area contributed by atoms with E-state index >= 15 is 0 Å². The molecular weight excluding hydrogens is 269 g/mol. The van der Waals surface area contributed by atoms with E-state index in [9.17, 15) is 9.50 Å². The predicted octanol–water partition coefficient (Wildman–Crippen LogP) is 3.29. The van der Waals surface area contributed by atoms with Crippen molar-refractivity contribution in [2.24, 2.45) is 5.41 Å². The highest BCUT2D eigenvalue weighted by molar-refractivity contribution is 5.22. The monoisotopic (exact) mass is 297 g/mol. The summed E-state index contributed by atoms with van der Waals surface area (Å²) >= 11 is 0. The van der Waals surface area contributed by atoms with Crippen LogP contribution in [0, 0.1) is 11.2 Å². The molecule has 2 atom stereocenters. The molecule has 0 saturated heterocycles. The first kappa shape index (κ1) is 18.1.